The second-order valence-corrected chi connectivity index (χ2v) is 9.55. The summed E-state index contributed by atoms with van der Waals surface area (Å²) >= 11 is 0. The van der Waals surface area contributed by atoms with E-state index in [9.17, 15) is 9.59 Å². The monoisotopic (exact) mass is 439 g/mol. The molecule has 1 saturated carbocycles. The number of esters is 1. The number of benzene rings is 1. The van der Waals surface area contributed by atoms with Crippen LogP contribution in [0.15, 0.2) is 29.2 Å². The molecule has 32 heavy (non-hydrogen) atoms. The van der Waals surface area contributed by atoms with E-state index in [2.05, 4.69) is 33.8 Å². The summed E-state index contributed by atoms with van der Waals surface area (Å²) in [4.78, 5) is 25.3. The van der Waals surface area contributed by atoms with Gasteiger partial charge in [0.15, 0.2) is 5.43 Å². The molecule has 0 unspecified atom stereocenters. The molecular weight excluding hydrogens is 406 g/mol. The fourth-order valence-corrected chi connectivity index (χ4v) is 4.16. The van der Waals surface area contributed by atoms with Gasteiger partial charge in [-0.1, -0.05) is 27.7 Å². The van der Waals surface area contributed by atoms with Gasteiger partial charge in [-0.05, 0) is 49.1 Å². The zero-order valence-corrected chi connectivity index (χ0v) is 19.6. The van der Waals surface area contributed by atoms with E-state index in [4.69, 9.17) is 14.2 Å². The Kier molecular flexibility index (Phi) is 6.31. The minimum Gasteiger partial charge on any atom is -0.493 e. The number of aromatic nitrogens is 1. The number of hydrogen-bond donors (Lipinski definition) is 0. The maximum absolute atomic E-state index is 12.9. The first-order chi connectivity index (χ1) is 15.3. The van der Waals surface area contributed by atoms with Crippen LogP contribution in [0.4, 0.5) is 0 Å². The Labute approximate surface area is 189 Å². The van der Waals surface area contributed by atoms with Crippen LogP contribution >= 0.6 is 0 Å². The highest BCUT2D eigenvalue weighted by Gasteiger charge is 2.32. The van der Waals surface area contributed by atoms with Crippen LogP contribution in [0.5, 0.6) is 11.5 Å². The molecule has 1 aliphatic carbocycles. The lowest BCUT2D eigenvalue weighted by Crippen LogP contribution is -2.26. The van der Waals surface area contributed by atoms with Gasteiger partial charge in [0.2, 0.25) is 0 Å². The lowest BCUT2D eigenvalue weighted by atomic mass is 9.99. The number of fused-ring (bicyclic) bond motifs is 3. The highest BCUT2D eigenvalue weighted by molar-refractivity contribution is 5.89. The van der Waals surface area contributed by atoms with Crippen LogP contribution in [0.1, 0.15) is 75.3 Å². The largest absolute Gasteiger partial charge is 0.493 e. The van der Waals surface area contributed by atoms with E-state index in [1.165, 1.54) is 5.56 Å². The summed E-state index contributed by atoms with van der Waals surface area (Å²) in [5.74, 6) is 2.14. The van der Waals surface area contributed by atoms with Crippen LogP contribution in [-0.2, 0) is 4.74 Å². The number of pyridine rings is 1. The molecule has 2 heterocycles. The van der Waals surface area contributed by atoms with E-state index in [1.54, 1.807) is 19.2 Å². The van der Waals surface area contributed by atoms with Gasteiger partial charge in [-0.15, -0.1) is 0 Å². The molecular formula is C26H33NO5. The molecule has 6 heteroatoms. The Balaban J connectivity index is 1.88. The van der Waals surface area contributed by atoms with Gasteiger partial charge in [0.1, 0.15) is 23.7 Å². The first-order valence-corrected chi connectivity index (χ1v) is 11.7. The average molecular weight is 440 g/mol. The second kappa shape index (κ2) is 9.00. The molecule has 172 valence electrons. The summed E-state index contributed by atoms with van der Waals surface area (Å²) in [7, 11) is 0. The summed E-state index contributed by atoms with van der Waals surface area (Å²) in [6.07, 6.45) is 3.93. The molecule has 1 fully saturated rings. The van der Waals surface area contributed by atoms with E-state index < -0.39 is 5.97 Å². The lowest BCUT2D eigenvalue weighted by Gasteiger charge is -2.24. The minimum atomic E-state index is -0.586. The molecule has 0 saturated heterocycles. The van der Waals surface area contributed by atoms with Crippen molar-refractivity contribution in [1.29, 1.82) is 0 Å². The maximum atomic E-state index is 12.9. The van der Waals surface area contributed by atoms with Gasteiger partial charge < -0.3 is 18.8 Å². The molecule has 0 bridgehead atoms. The maximum Gasteiger partial charge on any atom is 0.343 e. The standard InChI is InChI=1S/C26H33NO5/c1-6-30-26(29)20-12-27-21(10-23(20)28)19-9-18(17-7-8-17)24(31-13-15(2)3)11-25(19)32-14-22(27)16(4)5/h9-12,15-17,22H,6-8,13-14H2,1-5H3/t22-/m0/s1. The third kappa shape index (κ3) is 4.41. The topological polar surface area (TPSA) is 66.8 Å². The zero-order valence-electron chi connectivity index (χ0n) is 19.6. The molecule has 0 spiro atoms. The van der Waals surface area contributed by atoms with Gasteiger partial charge in [0.05, 0.1) is 24.9 Å². The van der Waals surface area contributed by atoms with Crippen LogP contribution in [0, 0.1) is 11.8 Å². The third-order valence-corrected chi connectivity index (χ3v) is 6.09. The van der Waals surface area contributed by atoms with E-state index in [0.29, 0.717) is 30.8 Å². The highest BCUT2D eigenvalue weighted by atomic mass is 16.5. The minimum absolute atomic E-state index is 0.0319. The molecule has 6 nitrogen and oxygen atoms in total. The summed E-state index contributed by atoms with van der Waals surface area (Å²) in [5, 5.41) is 0. The van der Waals surface area contributed by atoms with Crippen molar-refractivity contribution in [1.82, 2.24) is 4.57 Å². The summed E-state index contributed by atoms with van der Waals surface area (Å²) < 4.78 is 19.6. The van der Waals surface area contributed by atoms with Crippen molar-refractivity contribution in [3.63, 3.8) is 0 Å². The van der Waals surface area contributed by atoms with Crippen LogP contribution in [0.25, 0.3) is 11.3 Å². The van der Waals surface area contributed by atoms with Crippen molar-refractivity contribution in [2.75, 3.05) is 19.8 Å². The third-order valence-electron chi connectivity index (χ3n) is 6.09. The number of rotatable bonds is 7. The number of nitrogens with zero attached hydrogens (tertiary/aromatic N) is 1. The normalized spacial score (nSPS) is 17.4. The summed E-state index contributed by atoms with van der Waals surface area (Å²) in [6.45, 7) is 11.5. The van der Waals surface area contributed by atoms with Crippen molar-refractivity contribution in [3.8, 4) is 22.8 Å². The SMILES string of the molecule is CCOC(=O)c1cn2c(cc1=O)-c1cc(C3CC3)c(OCC(C)C)cc1OC[C@H]2C(C)C. The first kappa shape index (κ1) is 22.4. The fraction of sp³-hybridized carbons (Fsp3) is 0.538. The molecule has 2 aliphatic rings. The Morgan fingerprint density at radius 3 is 2.56 bits per heavy atom. The Morgan fingerprint density at radius 2 is 1.94 bits per heavy atom. The zero-order chi connectivity index (χ0) is 23.0. The molecule has 0 radical (unpaired) electrons. The number of hydrogen-bond acceptors (Lipinski definition) is 5. The molecule has 2 aromatic rings. The van der Waals surface area contributed by atoms with Gasteiger partial charge in [-0.2, -0.15) is 0 Å². The smallest absolute Gasteiger partial charge is 0.343 e. The molecule has 0 amide bonds. The fourth-order valence-electron chi connectivity index (χ4n) is 4.16. The van der Waals surface area contributed by atoms with Crippen molar-refractivity contribution in [2.45, 2.75) is 59.4 Å². The summed E-state index contributed by atoms with van der Waals surface area (Å²) in [6, 6.07) is 5.64. The molecule has 1 aliphatic heterocycles. The Bertz CT molecular complexity index is 1060. The predicted octanol–water partition coefficient (Wildman–Crippen LogP) is 5.19. The number of carbonyl (C=O) groups excluding carboxylic acids is 1. The van der Waals surface area contributed by atoms with E-state index in [1.807, 2.05) is 10.6 Å². The summed E-state index contributed by atoms with van der Waals surface area (Å²) in [5.41, 5.74) is 2.54. The van der Waals surface area contributed by atoms with E-state index in [0.717, 1.165) is 29.8 Å². The molecule has 4 rings (SSSR count). The van der Waals surface area contributed by atoms with Crippen LogP contribution in [0.3, 0.4) is 0 Å². The quantitative estimate of drug-likeness (QED) is 0.555. The number of carbonyl (C=O) groups is 1. The van der Waals surface area contributed by atoms with E-state index in [-0.39, 0.29) is 29.6 Å². The lowest BCUT2D eigenvalue weighted by molar-refractivity contribution is 0.0523. The Morgan fingerprint density at radius 1 is 1.19 bits per heavy atom. The van der Waals surface area contributed by atoms with E-state index >= 15 is 0 Å². The van der Waals surface area contributed by atoms with Crippen molar-refractivity contribution < 1.29 is 19.0 Å². The van der Waals surface area contributed by atoms with Crippen LogP contribution < -0.4 is 14.9 Å². The molecule has 0 N–H and O–H groups in total. The van der Waals surface area contributed by atoms with Crippen molar-refractivity contribution in [2.24, 2.45) is 11.8 Å². The molecule has 1 aromatic carbocycles. The van der Waals surface area contributed by atoms with Crippen molar-refractivity contribution in [3.05, 3.63) is 45.7 Å². The van der Waals surface area contributed by atoms with Crippen LogP contribution in [-0.4, -0.2) is 30.4 Å². The van der Waals surface area contributed by atoms with Crippen LogP contribution in [0.2, 0.25) is 0 Å². The van der Waals surface area contributed by atoms with Gasteiger partial charge >= 0.3 is 5.97 Å². The van der Waals surface area contributed by atoms with Gasteiger partial charge in [-0.25, -0.2) is 4.79 Å². The highest BCUT2D eigenvalue weighted by Crippen LogP contribution is 2.49. The van der Waals surface area contributed by atoms with Crippen molar-refractivity contribution >= 4 is 5.97 Å². The number of ether oxygens (including phenoxy) is 3. The van der Waals surface area contributed by atoms with Gasteiger partial charge in [0.25, 0.3) is 0 Å². The van der Waals surface area contributed by atoms with Gasteiger partial charge in [-0.3, -0.25) is 4.79 Å². The molecule has 1 atom stereocenters. The predicted molar refractivity (Wildman–Crippen MR) is 124 cm³/mol. The average Bonchev–Trinajstić information content (AvgIpc) is 3.58. The Hall–Kier alpha value is -2.76. The second-order valence-electron chi connectivity index (χ2n) is 9.55. The molecule has 1 aromatic heterocycles. The van der Waals surface area contributed by atoms with Gasteiger partial charge in [0, 0.05) is 23.9 Å². The first-order valence-electron chi connectivity index (χ1n) is 11.7.